The molecular formula is C22H29NO5S. The molecule has 1 atom stereocenters. The third kappa shape index (κ3) is 5.97. The van der Waals surface area contributed by atoms with Gasteiger partial charge in [0.15, 0.2) is 11.5 Å². The zero-order valence-corrected chi connectivity index (χ0v) is 18.6. The lowest BCUT2D eigenvalue weighted by molar-refractivity contribution is -0.119. The lowest BCUT2D eigenvalue weighted by Crippen LogP contribution is -2.28. The van der Waals surface area contributed by atoms with Crippen molar-refractivity contribution in [1.29, 1.82) is 0 Å². The zero-order chi connectivity index (χ0) is 21.4. The van der Waals surface area contributed by atoms with E-state index >= 15 is 0 Å². The minimum Gasteiger partial charge on any atom is -0.497 e. The molecule has 0 aliphatic heterocycles. The van der Waals surface area contributed by atoms with Gasteiger partial charge in [0, 0.05) is 11.3 Å². The number of hydrogen-bond acceptors (Lipinski definition) is 6. The smallest absolute Gasteiger partial charge is 0.230 e. The number of amides is 1. The third-order valence-electron chi connectivity index (χ3n) is 4.61. The standard InChI is InChI=1S/C22H29NO5S/c1-14-9-20(27-5)21(28-6)10-16(14)12-29-13-22(24)23-15(2)18-11-17(25-3)7-8-19(18)26-4/h7-11,15H,12-13H2,1-6H3,(H,23,24)/t15-/m1/s1. The van der Waals surface area contributed by atoms with Crippen LogP contribution in [0.15, 0.2) is 30.3 Å². The van der Waals surface area contributed by atoms with E-state index in [2.05, 4.69) is 5.32 Å². The fourth-order valence-electron chi connectivity index (χ4n) is 2.97. The van der Waals surface area contributed by atoms with Crippen LogP contribution in [0.4, 0.5) is 0 Å². The molecule has 158 valence electrons. The number of aryl methyl sites for hydroxylation is 1. The van der Waals surface area contributed by atoms with Gasteiger partial charge in [0.2, 0.25) is 5.91 Å². The first-order valence-electron chi connectivity index (χ1n) is 9.24. The predicted molar refractivity (Wildman–Crippen MR) is 117 cm³/mol. The van der Waals surface area contributed by atoms with Crippen molar-refractivity contribution in [3.05, 3.63) is 47.0 Å². The van der Waals surface area contributed by atoms with E-state index in [0.29, 0.717) is 28.8 Å². The Hall–Kier alpha value is -2.54. The van der Waals surface area contributed by atoms with Gasteiger partial charge in [-0.3, -0.25) is 4.79 Å². The van der Waals surface area contributed by atoms with Gasteiger partial charge in [-0.1, -0.05) is 0 Å². The predicted octanol–water partition coefficient (Wildman–Crippen LogP) is 4.14. The minimum absolute atomic E-state index is 0.0366. The van der Waals surface area contributed by atoms with Crippen LogP contribution < -0.4 is 24.3 Å². The SMILES string of the molecule is COc1ccc(OC)c([C@@H](C)NC(=O)CSCc2cc(OC)c(OC)cc2C)c1. The number of carbonyl (C=O) groups excluding carboxylic acids is 1. The molecule has 0 spiro atoms. The lowest BCUT2D eigenvalue weighted by Gasteiger charge is -2.18. The van der Waals surface area contributed by atoms with E-state index in [4.69, 9.17) is 18.9 Å². The van der Waals surface area contributed by atoms with Crippen LogP contribution >= 0.6 is 11.8 Å². The van der Waals surface area contributed by atoms with Crippen molar-refractivity contribution in [3.8, 4) is 23.0 Å². The highest BCUT2D eigenvalue weighted by atomic mass is 32.2. The first-order chi connectivity index (χ1) is 13.9. The summed E-state index contributed by atoms with van der Waals surface area (Å²) < 4.78 is 21.4. The normalized spacial score (nSPS) is 11.5. The van der Waals surface area contributed by atoms with E-state index in [1.165, 1.54) is 0 Å². The van der Waals surface area contributed by atoms with E-state index in [1.54, 1.807) is 40.2 Å². The molecule has 0 aliphatic carbocycles. The summed E-state index contributed by atoms with van der Waals surface area (Å²) in [7, 11) is 6.46. The zero-order valence-electron chi connectivity index (χ0n) is 17.8. The molecule has 0 heterocycles. The molecule has 0 radical (unpaired) electrons. The molecule has 0 bridgehead atoms. The fourth-order valence-corrected chi connectivity index (χ4v) is 3.87. The van der Waals surface area contributed by atoms with Gasteiger partial charge in [0.05, 0.1) is 40.2 Å². The number of benzene rings is 2. The van der Waals surface area contributed by atoms with Crippen LogP contribution in [-0.2, 0) is 10.5 Å². The molecule has 0 aromatic heterocycles. The van der Waals surface area contributed by atoms with Crippen LogP contribution in [0.3, 0.4) is 0 Å². The Bertz CT molecular complexity index is 840. The van der Waals surface area contributed by atoms with E-state index in [0.717, 1.165) is 22.4 Å². The Morgan fingerprint density at radius 2 is 1.62 bits per heavy atom. The van der Waals surface area contributed by atoms with Crippen molar-refractivity contribution in [1.82, 2.24) is 5.32 Å². The van der Waals surface area contributed by atoms with Gasteiger partial charge in [0.1, 0.15) is 11.5 Å². The van der Waals surface area contributed by atoms with Crippen molar-refractivity contribution in [2.45, 2.75) is 25.6 Å². The monoisotopic (exact) mass is 419 g/mol. The summed E-state index contributed by atoms with van der Waals surface area (Å²) in [4.78, 5) is 12.4. The Morgan fingerprint density at radius 3 is 2.24 bits per heavy atom. The number of carbonyl (C=O) groups is 1. The quantitative estimate of drug-likeness (QED) is 0.624. The van der Waals surface area contributed by atoms with Crippen LogP contribution in [0.25, 0.3) is 0 Å². The van der Waals surface area contributed by atoms with Gasteiger partial charge in [-0.05, 0) is 55.3 Å². The Morgan fingerprint density at radius 1 is 0.966 bits per heavy atom. The molecule has 2 rings (SSSR count). The molecular weight excluding hydrogens is 390 g/mol. The van der Waals surface area contributed by atoms with E-state index in [9.17, 15) is 4.79 Å². The van der Waals surface area contributed by atoms with Crippen molar-refractivity contribution in [2.24, 2.45) is 0 Å². The summed E-state index contributed by atoms with van der Waals surface area (Å²) in [5, 5.41) is 3.02. The molecule has 1 N–H and O–H groups in total. The van der Waals surface area contributed by atoms with Gasteiger partial charge < -0.3 is 24.3 Å². The largest absolute Gasteiger partial charge is 0.497 e. The summed E-state index contributed by atoms with van der Waals surface area (Å²) in [6, 6.07) is 9.26. The lowest BCUT2D eigenvalue weighted by atomic mass is 10.1. The van der Waals surface area contributed by atoms with Crippen LogP contribution in [-0.4, -0.2) is 40.1 Å². The summed E-state index contributed by atoms with van der Waals surface area (Å²) in [6.45, 7) is 3.95. The number of hydrogen-bond donors (Lipinski definition) is 1. The van der Waals surface area contributed by atoms with Gasteiger partial charge >= 0.3 is 0 Å². The third-order valence-corrected chi connectivity index (χ3v) is 5.60. The topological polar surface area (TPSA) is 66.0 Å². The average molecular weight is 420 g/mol. The second-order valence-corrected chi connectivity index (χ2v) is 7.51. The fraction of sp³-hybridized carbons (Fsp3) is 0.409. The molecule has 0 fully saturated rings. The van der Waals surface area contributed by atoms with Gasteiger partial charge in [-0.25, -0.2) is 0 Å². The summed E-state index contributed by atoms with van der Waals surface area (Å²) >= 11 is 1.55. The number of ether oxygens (including phenoxy) is 4. The average Bonchev–Trinajstić information content (AvgIpc) is 2.73. The number of thioether (sulfide) groups is 1. The maximum atomic E-state index is 12.4. The van der Waals surface area contributed by atoms with Crippen molar-refractivity contribution in [3.63, 3.8) is 0 Å². The van der Waals surface area contributed by atoms with Crippen LogP contribution in [0, 0.1) is 6.92 Å². The molecule has 2 aromatic carbocycles. The molecule has 1 amide bonds. The molecule has 0 unspecified atom stereocenters. The van der Waals surface area contributed by atoms with Gasteiger partial charge in [0.25, 0.3) is 0 Å². The molecule has 0 saturated carbocycles. The Kier molecular flexibility index (Phi) is 8.51. The number of methoxy groups -OCH3 is 4. The van der Waals surface area contributed by atoms with Crippen LogP contribution in [0.2, 0.25) is 0 Å². The first kappa shape index (κ1) is 22.7. The van der Waals surface area contributed by atoms with Crippen molar-refractivity contribution >= 4 is 17.7 Å². The molecule has 0 aliphatic rings. The van der Waals surface area contributed by atoms with E-state index in [1.807, 2.05) is 44.2 Å². The van der Waals surface area contributed by atoms with Gasteiger partial charge in [-0.15, -0.1) is 11.8 Å². The second-order valence-electron chi connectivity index (χ2n) is 6.52. The van der Waals surface area contributed by atoms with Crippen molar-refractivity contribution < 1.29 is 23.7 Å². The molecule has 7 heteroatoms. The van der Waals surface area contributed by atoms with Gasteiger partial charge in [-0.2, -0.15) is 0 Å². The van der Waals surface area contributed by atoms with Crippen molar-refractivity contribution in [2.75, 3.05) is 34.2 Å². The Balaban J connectivity index is 1.95. The minimum atomic E-state index is -0.198. The molecule has 0 saturated heterocycles. The maximum Gasteiger partial charge on any atom is 0.230 e. The number of rotatable bonds is 10. The highest BCUT2D eigenvalue weighted by Gasteiger charge is 2.16. The number of nitrogens with one attached hydrogen (secondary N) is 1. The highest BCUT2D eigenvalue weighted by molar-refractivity contribution is 7.99. The molecule has 2 aromatic rings. The Labute approximate surface area is 176 Å². The van der Waals surface area contributed by atoms with Crippen LogP contribution in [0.5, 0.6) is 23.0 Å². The highest BCUT2D eigenvalue weighted by Crippen LogP contribution is 2.32. The second kappa shape index (κ2) is 10.9. The maximum absolute atomic E-state index is 12.4. The summed E-state index contributed by atoms with van der Waals surface area (Å²) in [5.41, 5.74) is 3.09. The molecule has 29 heavy (non-hydrogen) atoms. The summed E-state index contributed by atoms with van der Waals surface area (Å²) in [6.07, 6.45) is 0. The van der Waals surface area contributed by atoms with Crippen LogP contribution in [0.1, 0.15) is 29.7 Å². The first-order valence-corrected chi connectivity index (χ1v) is 10.4. The summed E-state index contributed by atoms with van der Waals surface area (Å²) in [5.74, 6) is 3.85. The van der Waals surface area contributed by atoms with E-state index in [-0.39, 0.29) is 11.9 Å². The van der Waals surface area contributed by atoms with E-state index < -0.39 is 0 Å². The molecule has 6 nitrogen and oxygen atoms in total.